The normalized spacial score (nSPS) is 18.5. The van der Waals surface area contributed by atoms with E-state index in [1.807, 2.05) is 0 Å². The molecule has 0 unspecified atom stereocenters. The molecule has 0 saturated carbocycles. The molecule has 0 bridgehead atoms. The summed E-state index contributed by atoms with van der Waals surface area (Å²) in [5.74, 6) is -1.26. The Bertz CT molecular complexity index is 342. The summed E-state index contributed by atoms with van der Waals surface area (Å²) in [5, 5.41) is 8.84. The van der Waals surface area contributed by atoms with Gasteiger partial charge < -0.3 is 14.7 Å². The summed E-state index contributed by atoms with van der Waals surface area (Å²) in [4.78, 5) is 24.5. The lowest BCUT2D eigenvalue weighted by Gasteiger charge is -2.31. The molecule has 0 spiro atoms. The molecule has 5 heteroatoms. The van der Waals surface area contributed by atoms with Crippen molar-refractivity contribution in [2.45, 2.75) is 32.7 Å². The number of carboxylic acid groups (broad SMARTS) is 1. The zero-order valence-corrected chi connectivity index (χ0v) is 10.5. The first kappa shape index (κ1) is 13.7. The number of aliphatic carboxylic acids is 1. The van der Waals surface area contributed by atoms with Gasteiger partial charge in [0.2, 0.25) is 5.91 Å². The van der Waals surface area contributed by atoms with Gasteiger partial charge in [-0.15, -0.1) is 0 Å². The van der Waals surface area contributed by atoms with Gasteiger partial charge in [0.1, 0.15) is 0 Å². The number of carboxylic acids is 1. The van der Waals surface area contributed by atoms with Crippen LogP contribution in [0.15, 0.2) is 11.1 Å². The molecule has 1 heterocycles. The number of ether oxygens (including phenoxy) is 1. The van der Waals surface area contributed by atoms with E-state index >= 15 is 0 Å². The van der Waals surface area contributed by atoms with E-state index in [2.05, 4.69) is 0 Å². The molecule has 1 fully saturated rings. The summed E-state index contributed by atoms with van der Waals surface area (Å²) in [7, 11) is 1.72. The van der Waals surface area contributed by atoms with Crippen LogP contribution in [0.2, 0.25) is 0 Å². The fourth-order valence-corrected chi connectivity index (χ4v) is 1.82. The summed E-state index contributed by atoms with van der Waals surface area (Å²) < 4.78 is 5.23. The Balaban J connectivity index is 2.75. The third-order valence-electron chi connectivity index (χ3n) is 3.26. The molecule has 0 radical (unpaired) electrons. The third-order valence-corrected chi connectivity index (χ3v) is 3.26. The number of likely N-dealkylation sites (N-methyl/N-ethyl adjacent to an activating group) is 1. The standard InChI is InChI=1S/C12H19NO4/c1-8(9(2)12(15)16)11(14)13(3)10-4-6-17-7-5-10/h10H,4-7H2,1-3H3,(H,15,16). The highest BCUT2D eigenvalue weighted by Gasteiger charge is 2.24. The van der Waals surface area contributed by atoms with E-state index in [1.54, 1.807) is 18.9 Å². The summed E-state index contributed by atoms with van der Waals surface area (Å²) in [6, 6.07) is 0.146. The highest BCUT2D eigenvalue weighted by molar-refractivity contribution is 6.01. The smallest absolute Gasteiger partial charge is 0.331 e. The Morgan fingerprint density at radius 1 is 1.18 bits per heavy atom. The van der Waals surface area contributed by atoms with Gasteiger partial charge in [0.05, 0.1) is 0 Å². The van der Waals surface area contributed by atoms with Crippen molar-refractivity contribution >= 4 is 11.9 Å². The van der Waals surface area contributed by atoms with E-state index in [-0.39, 0.29) is 17.5 Å². The number of rotatable bonds is 3. The van der Waals surface area contributed by atoms with Crippen LogP contribution in [-0.4, -0.2) is 48.2 Å². The van der Waals surface area contributed by atoms with Crippen LogP contribution in [0.1, 0.15) is 26.7 Å². The average molecular weight is 241 g/mol. The number of carbonyl (C=O) groups excluding carboxylic acids is 1. The number of hydrogen-bond acceptors (Lipinski definition) is 3. The van der Waals surface area contributed by atoms with Crippen molar-refractivity contribution in [3.8, 4) is 0 Å². The maximum atomic E-state index is 12.1. The Labute approximate surface area is 101 Å². The van der Waals surface area contributed by atoms with E-state index in [0.29, 0.717) is 18.8 Å². The van der Waals surface area contributed by atoms with Crippen molar-refractivity contribution in [1.29, 1.82) is 0 Å². The van der Waals surface area contributed by atoms with Gasteiger partial charge in [-0.1, -0.05) is 0 Å². The van der Waals surface area contributed by atoms with Crippen LogP contribution in [0.5, 0.6) is 0 Å². The highest BCUT2D eigenvalue weighted by Crippen LogP contribution is 2.16. The summed E-state index contributed by atoms with van der Waals surface area (Å²) >= 11 is 0. The minimum absolute atomic E-state index is 0.105. The molecule has 0 aromatic rings. The number of nitrogens with zero attached hydrogens (tertiary/aromatic N) is 1. The number of carbonyl (C=O) groups is 2. The van der Waals surface area contributed by atoms with Crippen molar-refractivity contribution in [2.24, 2.45) is 0 Å². The Hall–Kier alpha value is -1.36. The molecular formula is C12H19NO4. The fourth-order valence-electron chi connectivity index (χ4n) is 1.82. The van der Waals surface area contributed by atoms with Crippen LogP contribution in [-0.2, 0) is 14.3 Å². The largest absolute Gasteiger partial charge is 0.478 e. The molecule has 0 aliphatic carbocycles. The Morgan fingerprint density at radius 2 is 1.71 bits per heavy atom. The molecule has 96 valence electrons. The first-order valence-electron chi connectivity index (χ1n) is 5.70. The topological polar surface area (TPSA) is 66.8 Å². The van der Waals surface area contributed by atoms with E-state index in [0.717, 1.165) is 12.8 Å². The Morgan fingerprint density at radius 3 is 2.18 bits per heavy atom. The van der Waals surface area contributed by atoms with E-state index < -0.39 is 5.97 Å². The molecule has 0 aromatic heterocycles. The molecule has 1 N–H and O–H groups in total. The molecule has 1 rings (SSSR count). The summed E-state index contributed by atoms with van der Waals surface area (Å²) in [6.07, 6.45) is 1.61. The zero-order valence-electron chi connectivity index (χ0n) is 10.5. The Kier molecular flexibility index (Phi) is 4.69. The molecule has 17 heavy (non-hydrogen) atoms. The number of amides is 1. The van der Waals surface area contributed by atoms with E-state index in [9.17, 15) is 9.59 Å². The van der Waals surface area contributed by atoms with Gasteiger partial charge in [-0.05, 0) is 26.7 Å². The summed E-state index contributed by atoms with van der Waals surface area (Å²) in [5.41, 5.74) is 0.403. The lowest BCUT2D eigenvalue weighted by atomic mass is 10.0. The quantitative estimate of drug-likeness (QED) is 0.750. The van der Waals surface area contributed by atoms with Crippen molar-refractivity contribution in [2.75, 3.05) is 20.3 Å². The molecule has 0 atom stereocenters. The number of hydrogen-bond donors (Lipinski definition) is 1. The molecule has 5 nitrogen and oxygen atoms in total. The monoisotopic (exact) mass is 241 g/mol. The van der Waals surface area contributed by atoms with Crippen LogP contribution in [0, 0.1) is 0 Å². The van der Waals surface area contributed by atoms with Crippen LogP contribution in [0.25, 0.3) is 0 Å². The molecule has 1 amide bonds. The SMILES string of the molecule is CC(C(=O)O)=C(C)C(=O)N(C)C1CCOCC1. The van der Waals surface area contributed by atoms with Gasteiger partial charge in [0.15, 0.2) is 0 Å². The second-order valence-electron chi connectivity index (χ2n) is 4.31. The molecule has 1 saturated heterocycles. The van der Waals surface area contributed by atoms with Gasteiger partial charge >= 0.3 is 5.97 Å². The van der Waals surface area contributed by atoms with Gasteiger partial charge in [0.25, 0.3) is 0 Å². The van der Waals surface area contributed by atoms with E-state index in [4.69, 9.17) is 9.84 Å². The lowest BCUT2D eigenvalue weighted by molar-refractivity contribution is -0.134. The minimum Gasteiger partial charge on any atom is -0.478 e. The van der Waals surface area contributed by atoms with E-state index in [1.165, 1.54) is 6.92 Å². The second-order valence-corrected chi connectivity index (χ2v) is 4.31. The molecular weight excluding hydrogens is 222 g/mol. The van der Waals surface area contributed by atoms with Crippen molar-refractivity contribution in [3.63, 3.8) is 0 Å². The lowest BCUT2D eigenvalue weighted by Crippen LogP contribution is -2.41. The first-order chi connectivity index (χ1) is 7.95. The summed E-state index contributed by atoms with van der Waals surface area (Å²) in [6.45, 7) is 4.32. The third kappa shape index (κ3) is 3.30. The van der Waals surface area contributed by atoms with Crippen molar-refractivity contribution in [3.05, 3.63) is 11.1 Å². The maximum Gasteiger partial charge on any atom is 0.331 e. The fraction of sp³-hybridized carbons (Fsp3) is 0.667. The molecule has 1 aliphatic heterocycles. The highest BCUT2D eigenvalue weighted by atomic mass is 16.5. The molecule has 1 aliphatic rings. The van der Waals surface area contributed by atoms with Gasteiger partial charge in [-0.2, -0.15) is 0 Å². The van der Waals surface area contributed by atoms with Crippen LogP contribution >= 0.6 is 0 Å². The second kappa shape index (κ2) is 5.82. The van der Waals surface area contributed by atoms with Crippen LogP contribution in [0.3, 0.4) is 0 Å². The molecule has 0 aromatic carbocycles. The maximum absolute atomic E-state index is 12.1. The van der Waals surface area contributed by atoms with Crippen molar-refractivity contribution in [1.82, 2.24) is 4.90 Å². The zero-order chi connectivity index (χ0) is 13.0. The minimum atomic E-state index is -1.05. The van der Waals surface area contributed by atoms with Gasteiger partial charge in [-0.25, -0.2) is 4.79 Å². The average Bonchev–Trinajstić information content (AvgIpc) is 2.36. The predicted octanol–water partition coefficient (Wildman–Crippen LogP) is 1.04. The van der Waals surface area contributed by atoms with Crippen LogP contribution < -0.4 is 0 Å². The van der Waals surface area contributed by atoms with Gasteiger partial charge in [-0.3, -0.25) is 4.79 Å². The van der Waals surface area contributed by atoms with Crippen molar-refractivity contribution < 1.29 is 19.4 Å². The van der Waals surface area contributed by atoms with Gasteiger partial charge in [0, 0.05) is 37.4 Å². The predicted molar refractivity (Wildman–Crippen MR) is 62.6 cm³/mol. The van der Waals surface area contributed by atoms with Crippen LogP contribution in [0.4, 0.5) is 0 Å². The first-order valence-corrected chi connectivity index (χ1v) is 5.70.